The van der Waals surface area contributed by atoms with Crippen LogP contribution >= 0.6 is 11.6 Å². The van der Waals surface area contributed by atoms with Gasteiger partial charge < -0.3 is 15.2 Å². The van der Waals surface area contributed by atoms with Gasteiger partial charge in [-0.05, 0) is 12.1 Å². The predicted octanol–water partition coefficient (Wildman–Crippen LogP) is 0.882. The van der Waals surface area contributed by atoms with Gasteiger partial charge in [0.25, 0.3) is 5.91 Å². The van der Waals surface area contributed by atoms with Crippen molar-refractivity contribution < 1.29 is 28.2 Å². The van der Waals surface area contributed by atoms with Gasteiger partial charge in [-0.2, -0.15) is 0 Å². The highest BCUT2D eigenvalue weighted by Crippen LogP contribution is 2.20. The molecule has 0 bridgehead atoms. The number of nitrogens with one attached hydrogen (secondary N) is 1. The van der Waals surface area contributed by atoms with E-state index in [1.165, 1.54) is 0 Å². The van der Waals surface area contributed by atoms with Gasteiger partial charge in [-0.15, -0.1) is 0 Å². The topological polar surface area (TPSA) is 75.6 Å². The smallest absolute Gasteiger partial charge is 0.330 e. The van der Waals surface area contributed by atoms with Gasteiger partial charge in [-0.25, -0.2) is 13.6 Å². The maximum atomic E-state index is 13.0. The fraction of sp³-hybridized carbons (Fsp3) is 0.273. The van der Waals surface area contributed by atoms with Gasteiger partial charge in [0.2, 0.25) is 0 Å². The number of aliphatic hydroxyl groups excluding tert-OH is 1. The summed E-state index contributed by atoms with van der Waals surface area (Å²) in [5.41, 5.74) is -0.358. The third-order valence-corrected chi connectivity index (χ3v) is 2.54. The average molecular weight is 294 g/mol. The molecule has 1 rings (SSSR count). The molecule has 0 aliphatic rings. The van der Waals surface area contributed by atoms with E-state index in [1.807, 2.05) is 0 Å². The standard InChI is InChI=1S/C11H10ClF2NO4/c1-19-11(18)9(4-16)15-10(17)5-2-7(13)8(14)3-6(5)12/h2-3,9,16H,4H2,1H3,(H,15,17). The Bertz CT molecular complexity index is 510. The molecule has 5 nitrogen and oxygen atoms in total. The van der Waals surface area contributed by atoms with Gasteiger partial charge in [0.15, 0.2) is 17.7 Å². The average Bonchev–Trinajstić information content (AvgIpc) is 2.38. The Morgan fingerprint density at radius 3 is 2.53 bits per heavy atom. The molecule has 0 saturated carbocycles. The van der Waals surface area contributed by atoms with Crippen LogP contribution in [-0.2, 0) is 9.53 Å². The van der Waals surface area contributed by atoms with E-state index >= 15 is 0 Å². The van der Waals surface area contributed by atoms with E-state index in [-0.39, 0.29) is 10.6 Å². The van der Waals surface area contributed by atoms with Crippen molar-refractivity contribution in [2.75, 3.05) is 13.7 Å². The molecule has 19 heavy (non-hydrogen) atoms. The zero-order chi connectivity index (χ0) is 14.6. The van der Waals surface area contributed by atoms with Crippen molar-refractivity contribution in [3.8, 4) is 0 Å². The maximum absolute atomic E-state index is 13.0. The minimum atomic E-state index is -1.32. The van der Waals surface area contributed by atoms with Crippen molar-refractivity contribution in [1.82, 2.24) is 5.32 Å². The Morgan fingerprint density at radius 1 is 1.42 bits per heavy atom. The van der Waals surface area contributed by atoms with Crippen LogP contribution in [0.3, 0.4) is 0 Å². The van der Waals surface area contributed by atoms with Crippen LogP contribution in [0.25, 0.3) is 0 Å². The number of carbonyl (C=O) groups excluding carboxylic acids is 2. The van der Waals surface area contributed by atoms with Crippen LogP contribution in [0.4, 0.5) is 8.78 Å². The first kappa shape index (κ1) is 15.3. The van der Waals surface area contributed by atoms with Gasteiger partial charge in [-0.1, -0.05) is 11.6 Å². The van der Waals surface area contributed by atoms with Crippen molar-refractivity contribution >= 4 is 23.5 Å². The number of esters is 1. The van der Waals surface area contributed by atoms with Crippen molar-refractivity contribution in [2.24, 2.45) is 0 Å². The molecular formula is C11H10ClF2NO4. The van der Waals surface area contributed by atoms with Crippen molar-refractivity contribution in [3.63, 3.8) is 0 Å². The number of benzene rings is 1. The molecule has 0 aliphatic carbocycles. The molecule has 0 fully saturated rings. The number of methoxy groups -OCH3 is 1. The summed E-state index contributed by atoms with van der Waals surface area (Å²) >= 11 is 5.59. The van der Waals surface area contributed by atoms with Crippen molar-refractivity contribution in [3.05, 3.63) is 34.4 Å². The fourth-order valence-electron chi connectivity index (χ4n) is 1.25. The molecule has 104 valence electrons. The maximum Gasteiger partial charge on any atom is 0.330 e. The SMILES string of the molecule is COC(=O)C(CO)NC(=O)c1cc(F)c(F)cc1Cl. The molecule has 1 unspecified atom stereocenters. The molecule has 0 saturated heterocycles. The first-order valence-electron chi connectivity index (χ1n) is 5.04. The minimum absolute atomic E-state index is 0.321. The highest BCUT2D eigenvalue weighted by molar-refractivity contribution is 6.33. The summed E-state index contributed by atoms with van der Waals surface area (Å²) < 4.78 is 30.2. The number of hydrogen-bond donors (Lipinski definition) is 2. The molecule has 0 heterocycles. The van der Waals surface area contributed by atoms with Gasteiger partial charge in [0.05, 0.1) is 24.3 Å². The van der Waals surface area contributed by atoms with Crippen molar-refractivity contribution in [2.45, 2.75) is 6.04 Å². The first-order valence-corrected chi connectivity index (χ1v) is 5.42. The zero-order valence-electron chi connectivity index (χ0n) is 9.75. The zero-order valence-corrected chi connectivity index (χ0v) is 10.5. The van der Waals surface area contributed by atoms with E-state index in [0.29, 0.717) is 12.1 Å². The second-order valence-electron chi connectivity index (χ2n) is 3.48. The largest absolute Gasteiger partial charge is 0.467 e. The fourth-order valence-corrected chi connectivity index (χ4v) is 1.49. The van der Waals surface area contributed by atoms with Crippen LogP contribution in [0, 0.1) is 11.6 Å². The molecule has 1 aromatic carbocycles. The highest BCUT2D eigenvalue weighted by Gasteiger charge is 2.23. The van der Waals surface area contributed by atoms with Crippen LogP contribution in [0.2, 0.25) is 5.02 Å². The van der Waals surface area contributed by atoms with Crippen LogP contribution in [0.5, 0.6) is 0 Å². The van der Waals surface area contributed by atoms with Gasteiger partial charge >= 0.3 is 5.97 Å². The quantitative estimate of drug-likeness (QED) is 0.638. The lowest BCUT2D eigenvalue weighted by atomic mass is 10.2. The number of aliphatic hydroxyl groups is 1. The van der Waals surface area contributed by atoms with Gasteiger partial charge in [-0.3, -0.25) is 4.79 Å². The number of hydrogen-bond acceptors (Lipinski definition) is 4. The molecule has 0 spiro atoms. The first-order chi connectivity index (χ1) is 8.90. The van der Waals surface area contributed by atoms with Crippen molar-refractivity contribution in [1.29, 1.82) is 0 Å². The second kappa shape index (κ2) is 6.44. The van der Waals surface area contributed by atoms with Crippen LogP contribution in [-0.4, -0.2) is 36.7 Å². The Labute approximate surface area is 112 Å². The Hall–Kier alpha value is -1.73. The third-order valence-electron chi connectivity index (χ3n) is 2.23. The Kier molecular flexibility index (Phi) is 5.20. The van der Waals surface area contributed by atoms with E-state index in [4.69, 9.17) is 16.7 Å². The molecule has 1 atom stereocenters. The lowest BCUT2D eigenvalue weighted by Crippen LogP contribution is -2.44. The molecule has 0 radical (unpaired) electrons. The summed E-state index contributed by atoms with van der Waals surface area (Å²) in [5, 5.41) is 10.7. The summed E-state index contributed by atoms with van der Waals surface area (Å²) in [6.07, 6.45) is 0. The van der Waals surface area contributed by atoms with E-state index in [9.17, 15) is 18.4 Å². The Morgan fingerprint density at radius 2 is 2.00 bits per heavy atom. The second-order valence-corrected chi connectivity index (χ2v) is 3.89. The van der Waals surface area contributed by atoms with Gasteiger partial charge in [0, 0.05) is 0 Å². The van der Waals surface area contributed by atoms with E-state index in [1.54, 1.807) is 0 Å². The summed E-state index contributed by atoms with van der Waals surface area (Å²) in [5.74, 6) is -4.27. The monoisotopic (exact) mass is 293 g/mol. The summed E-state index contributed by atoms with van der Waals surface area (Å²) in [6.45, 7) is -0.709. The number of ether oxygens (including phenoxy) is 1. The number of carbonyl (C=O) groups is 2. The molecule has 0 aromatic heterocycles. The molecule has 0 aliphatic heterocycles. The van der Waals surface area contributed by atoms with Crippen LogP contribution in [0.1, 0.15) is 10.4 Å². The molecule has 8 heteroatoms. The van der Waals surface area contributed by atoms with E-state index < -0.39 is 36.2 Å². The van der Waals surface area contributed by atoms with Crippen LogP contribution in [0.15, 0.2) is 12.1 Å². The van der Waals surface area contributed by atoms with E-state index in [0.717, 1.165) is 7.11 Å². The van der Waals surface area contributed by atoms with Gasteiger partial charge in [0.1, 0.15) is 0 Å². The molecular weight excluding hydrogens is 284 g/mol. The number of halogens is 3. The number of amides is 1. The van der Waals surface area contributed by atoms with Crippen LogP contribution < -0.4 is 5.32 Å². The lowest BCUT2D eigenvalue weighted by molar-refractivity contribution is -0.143. The number of rotatable bonds is 4. The Balaban J connectivity index is 2.95. The lowest BCUT2D eigenvalue weighted by Gasteiger charge is -2.14. The summed E-state index contributed by atoms with van der Waals surface area (Å²) in [6, 6.07) is -0.0851. The summed E-state index contributed by atoms with van der Waals surface area (Å²) in [7, 11) is 1.07. The normalized spacial score (nSPS) is 11.8. The molecule has 1 amide bonds. The third kappa shape index (κ3) is 3.62. The molecule has 1 aromatic rings. The predicted molar refractivity (Wildman–Crippen MR) is 61.7 cm³/mol. The minimum Gasteiger partial charge on any atom is -0.467 e. The summed E-state index contributed by atoms with van der Waals surface area (Å²) in [4.78, 5) is 22.9. The molecule has 2 N–H and O–H groups in total. The van der Waals surface area contributed by atoms with E-state index in [2.05, 4.69) is 10.1 Å². The highest BCUT2D eigenvalue weighted by atomic mass is 35.5.